The van der Waals surface area contributed by atoms with Crippen LogP contribution in [0.25, 0.3) is 0 Å². The largest absolute Gasteiger partial charge is 0.456 e. The van der Waals surface area contributed by atoms with Gasteiger partial charge in [-0.15, -0.1) is 0 Å². The fourth-order valence-corrected chi connectivity index (χ4v) is 4.09. The first-order valence-electron chi connectivity index (χ1n) is 7.22. The number of benzene rings is 1. The Morgan fingerprint density at radius 3 is 2.79 bits per heavy atom. The van der Waals surface area contributed by atoms with E-state index in [-0.39, 0.29) is 23.3 Å². The molecule has 0 aromatic heterocycles. The zero-order valence-electron chi connectivity index (χ0n) is 10.9. The van der Waals surface area contributed by atoms with Gasteiger partial charge in [-0.05, 0) is 37.8 Å². The molecule has 100 valence electrons. The smallest absolute Gasteiger partial charge is 0.338 e. The average molecular weight is 258 g/mol. The molecule has 0 bridgehead atoms. The summed E-state index contributed by atoms with van der Waals surface area (Å²) in [4.78, 5) is 12.2. The normalized spacial score (nSPS) is 39.3. The van der Waals surface area contributed by atoms with Crippen molar-refractivity contribution < 1.29 is 14.3 Å². The van der Waals surface area contributed by atoms with Crippen LogP contribution in [0.4, 0.5) is 0 Å². The van der Waals surface area contributed by atoms with E-state index in [9.17, 15) is 4.79 Å². The van der Waals surface area contributed by atoms with Crippen LogP contribution in [0.2, 0.25) is 0 Å². The lowest BCUT2D eigenvalue weighted by Gasteiger charge is -2.23. The quantitative estimate of drug-likeness (QED) is 0.604. The van der Waals surface area contributed by atoms with E-state index in [1.807, 2.05) is 18.2 Å². The molecular weight excluding hydrogens is 240 g/mol. The minimum atomic E-state index is -0.211. The summed E-state index contributed by atoms with van der Waals surface area (Å²) in [5, 5.41) is 0. The van der Waals surface area contributed by atoms with Gasteiger partial charge < -0.3 is 9.47 Å². The predicted molar refractivity (Wildman–Crippen MR) is 69.9 cm³/mol. The van der Waals surface area contributed by atoms with E-state index in [4.69, 9.17) is 9.47 Å². The monoisotopic (exact) mass is 258 g/mol. The van der Waals surface area contributed by atoms with Gasteiger partial charge in [0.1, 0.15) is 17.3 Å². The van der Waals surface area contributed by atoms with Gasteiger partial charge in [0, 0.05) is 0 Å². The highest BCUT2D eigenvalue weighted by molar-refractivity contribution is 5.89. The van der Waals surface area contributed by atoms with Crippen molar-refractivity contribution in [2.24, 2.45) is 0 Å². The zero-order chi connectivity index (χ0) is 12.9. The summed E-state index contributed by atoms with van der Waals surface area (Å²) in [6.45, 7) is 0. The Labute approximate surface area is 112 Å². The maximum absolute atomic E-state index is 12.2. The van der Waals surface area contributed by atoms with E-state index < -0.39 is 0 Å². The van der Waals surface area contributed by atoms with Crippen LogP contribution in [0, 0.1) is 0 Å². The van der Waals surface area contributed by atoms with Gasteiger partial charge in [-0.2, -0.15) is 0 Å². The fourth-order valence-electron chi connectivity index (χ4n) is 4.09. The average Bonchev–Trinajstić information content (AvgIpc) is 3.05. The molecule has 1 saturated heterocycles. The highest BCUT2D eigenvalue weighted by Gasteiger charge is 2.78. The van der Waals surface area contributed by atoms with Crippen LogP contribution in [-0.2, 0) is 9.47 Å². The first-order valence-corrected chi connectivity index (χ1v) is 7.22. The van der Waals surface area contributed by atoms with Crippen molar-refractivity contribution in [3.63, 3.8) is 0 Å². The van der Waals surface area contributed by atoms with Gasteiger partial charge >= 0.3 is 5.97 Å². The van der Waals surface area contributed by atoms with Gasteiger partial charge in [0.2, 0.25) is 0 Å². The molecule has 0 spiro atoms. The van der Waals surface area contributed by atoms with Crippen LogP contribution in [0.5, 0.6) is 0 Å². The zero-order valence-corrected chi connectivity index (χ0v) is 10.9. The van der Waals surface area contributed by atoms with Crippen molar-refractivity contribution in [3.8, 4) is 0 Å². The van der Waals surface area contributed by atoms with E-state index in [0.29, 0.717) is 5.56 Å². The molecule has 3 atom stereocenters. The number of ether oxygens (including phenoxy) is 2. The van der Waals surface area contributed by atoms with Crippen molar-refractivity contribution in [2.75, 3.05) is 0 Å². The van der Waals surface area contributed by atoms with Crippen LogP contribution in [0.3, 0.4) is 0 Å². The Morgan fingerprint density at radius 2 is 1.95 bits per heavy atom. The summed E-state index contributed by atoms with van der Waals surface area (Å²) < 4.78 is 11.8. The summed E-state index contributed by atoms with van der Waals surface area (Å²) in [6, 6.07) is 9.24. The molecule has 3 heteroatoms. The Morgan fingerprint density at radius 1 is 1.16 bits per heavy atom. The minimum Gasteiger partial charge on any atom is -0.456 e. The van der Waals surface area contributed by atoms with Crippen LogP contribution in [0.1, 0.15) is 48.9 Å². The lowest BCUT2D eigenvalue weighted by atomic mass is 9.81. The van der Waals surface area contributed by atoms with Crippen molar-refractivity contribution >= 4 is 5.97 Å². The summed E-state index contributed by atoms with van der Waals surface area (Å²) in [7, 11) is 0. The molecule has 2 aliphatic carbocycles. The molecular formula is C16H18O3. The molecule has 1 aromatic rings. The summed E-state index contributed by atoms with van der Waals surface area (Å²) in [6.07, 6.45) is 6.62. The number of hydrogen-bond acceptors (Lipinski definition) is 3. The van der Waals surface area contributed by atoms with Gasteiger partial charge in [0.05, 0.1) is 5.56 Å². The lowest BCUT2D eigenvalue weighted by molar-refractivity contribution is 0.000301. The first-order chi connectivity index (χ1) is 9.26. The highest BCUT2D eigenvalue weighted by atomic mass is 16.7. The van der Waals surface area contributed by atoms with Gasteiger partial charge in [-0.3, -0.25) is 0 Å². The van der Waals surface area contributed by atoms with E-state index in [1.54, 1.807) is 12.1 Å². The maximum Gasteiger partial charge on any atom is 0.338 e. The third-order valence-corrected chi connectivity index (χ3v) is 5.08. The molecule has 0 unspecified atom stereocenters. The second-order valence-electron chi connectivity index (χ2n) is 5.99. The van der Waals surface area contributed by atoms with Crippen LogP contribution in [-0.4, -0.2) is 23.3 Å². The molecule has 1 aliphatic heterocycles. The molecule has 4 rings (SSSR count). The predicted octanol–water partition coefficient (Wildman–Crippen LogP) is 3.09. The first kappa shape index (κ1) is 11.5. The number of carbonyl (C=O) groups excluding carboxylic acids is 1. The number of rotatable bonds is 2. The fraction of sp³-hybridized carbons (Fsp3) is 0.562. The molecule has 2 saturated carbocycles. The topological polar surface area (TPSA) is 38.8 Å². The van der Waals surface area contributed by atoms with Crippen molar-refractivity contribution in [1.29, 1.82) is 0 Å². The van der Waals surface area contributed by atoms with Crippen LogP contribution in [0.15, 0.2) is 30.3 Å². The molecule has 0 amide bonds. The second-order valence-corrected chi connectivity index (χ2v) is 5.99. The molecule has 3 fully saturated rings. The van der Waals surface area contributed by atoms with Gasteiger partial charge in [-0.1, -0.05) is 31.0 Å². The number of hydrogen-bond donors (Lipinski definition) is 0. The Bertz CT molecular complexity index is 508. The highest BCUT2D eigenvalue weighted by Crippen LogP contribution is 2.67. The molecule has 0 N–H and O–H groups in total. The van der Waals surface area contributed by atoms with E-state index >= 15 is 0 Å². The Balaban J connectivity index is 1.51. The molecule has 0 radical (unpaired) electrons. The Kier molecular flexibility index (Phi) is 2.31. The molecule has 1 heterocycles. The molecule has 1 aromatic carbocycles. The minimum absolute atomic E-state index is 0.0412. The number of carbonyl (C=O) groups is 1. The number of esters is 1. The van der Waals surface area contributed by atoms with E-state index in [1.165, 1.54) is 12.8 Å². The molecule has 19 heavy (non-hydrogen) atoms. The molecule has 3 aliphatic rings. The SMILES string of the molecule is O=C(O[C@H]1CC[C@]23CCCC[C@]12O3)c1ccccc1. The van der Waals surface area contributed by atoms with Crippen molar-refractivity contribution in [1.82, 2.24) is 0 Å². The van der Waals surface area contributed by atoms with E-state index in [0.717, 1.165) is 25.7 Å². The standard InChI is InChI=1S/C16H18O3/c17-14(12-6-2-1-3-7-12)18-13-8-11-15-9-4-5-10-16(13,15)19-15/h1-3,6-7,13H,4-5,8-11H2/t13-,15+,16-/m0/s1. The third kappa shape index (κ3) is 1.51. The van der Waals surface area contributed by atoms with Crippen LogP contribution < -0.4 is 0 Å². The van der Waals surface area contributed by atoms with Gasteiger partial charge in [0.25, 0.3) is 0 Å². The summed E-state index contributed by atoms with van der Waals surface area (Å²) in [5.41, 5.74) is 0.565. The van der Waals surface area contributed by atoms with Crippen molar-refractivity contribution in [2.45, 2.75) is 55.8 Å². The second kappa shape index (κ2) is 3.83. The van der Waals surface area contributed by atoms with E-state index in [2.05, 4.69) is 0 Å². The van der Waals surface area contributed by atoms with Gasteiger partial charge in [0.15, 0.2) is 0 Å². The molecule has 3 nitrogen and oxygen atoms in total. The summed E-state index contributed by atoms with van der Waals surface area (Å²) >= 11 is 0. The van der Waals surface area contributed by atoms with Crippen LogP contribution >= 0.6 is 0 Å². The third-order valence-electron chi connectivity index (χ3n) is 5.08. The van der Waals surface area contributed by atoms with Crippen molar-refractivity contribution in [3.05, 3.63) is 35.9 Å². The summed E-state index contributed by atoms with van der Waals surface area (Å²) in [5.74, 6) is -0.211. The number of epoxide rings is 1. The maximum atomic E-state index is 12.2. The lowest BCUT2D eigenvalue weighted by Crippen LogP contribution is -2.36. The van der Waals surface area contributed by atoms with Gasteiger partial charge in [-0.25, -0.2) is 4.79 Å². The Hall–Kier alpha value is -1.35.